The van der Waals surface area contributed by atoms with Crippen LogP contribution in [0.1, 0.15) is 58.3 Å². The minimum atomic E-state index is 0.722. The van der Waals surface area contributed by atoms with E-state index in [0.29, 0.717) is 0 Å². The summed E-state index contributed by atoms with van der Waals surface area (Å²) in [6.07, 6.45) is 13.8. The Kier molecular flexibility index (Phi) is 10.6. The highest BCUT2D eigenvalue weighted by Crippen LogP contribution is 2.04. The lowest BCUT2D eigenvalue weighted by Gasteiger charge is -1.93. The van der Waals surface area contributed by atoms with Crippen LogP contribution >= 0.6 is 0 Å². The van der Waals surface area contributed by atoms with Crippen LogP contribution in [0.4, 0.5) is 0 Å². The van der Waals surface area contributed by atoms with Crippen LogP contribution < -0.4 is 0 Å². The molecule has 0 saturated heterocycles. The monoisotopic (exact) mass is 179 g/mol. The Morgan fingerprint density at radius 2 is 1.69 bits per heavy atom. The van der Waals surface area contributed by atoms with Gasteiger partial charge in [-0.25, -0.2) is 0 Å². The first-order chi connectivity index (χ1) is 6.41. The summed E-state index contributed by atoms with van der Waals surface area (Å²) in [6, 6.07) is 2.17. The van der Waals surface area contributed by atoms with Crippen LogP contribution in [0, 0.1) is 11.3 Å². The van der Waals surface area contributed by atoms with E-state index in [0.717, 1.165) is 12.8 Å². The fraction of sp³-hybridized carbons (Fsp3) is 0.750. The molecule has 13 heavy (non-hydrogen) atoms. The Morgan fingerprint density at radius 1 is 1.00 bits per heavy atom. The van der Waals surface area contributed by atoms with E-state index in [1.54, 1.807) is 0 Å². The molecule has 0 aromatic carbocycles. The number of hydrogen-bond donors (Lipinski definition) is 0. The lowest BCUT2D eigenvalue weighted by Crippen LogP contribution is -1.75. The SMILES string of the molecule is CCCC/C=C/CCCCCC#N. The van der Waals surface area contributed by atoms with Gasteiger partial charge in [-0.3, -0.25) is 0 Å². The predicted octanol–water partition coefficient (Wildman–Crippen LogP) is 4.21. The van der Waals surface area contributed by atoms with Crippen LogP contribution in [0.25, 0.3) is 0 Å². The lowest BCUT2D eigenvalue weighted by molar-refractivity contribution is 0.698. The van der Waals surface area contributed by atoms with Crippen LogP contribution in [0.5, 0.6) is 0 Å². The van der Waals surface area contributed by atoms with Gasteiger partial charge < -0.3 is 0 Å². The highest BCUT2D eigenvalue weighted by Gasteiger charge is 1.86. The minimum Gasteiger partial charge on any atom is -0.198 e. The van der Waals surface area contributed by atoms with Crippen molar-refractivity contribution in [3.63, 3.8) is 0 Å². The van der Waals surface area contributed by atoms with Gasteiger partial charge in [-0.1, -0.05) is 38.3 Å². The Balaban J connectivity index is 2.98. The van der Waals surface area contributed by atoms with Gasteiger partial charge in [-0.2, -0.15) is 5.26 Å². The molecular weight excluding hydrogens is 158 g/mol. The largest absolute Gasteiger partial charge is 0.198 e. The van der Waals surface area contributed by atoms with Crippen LogP contribution in [-0.2, 0) is 0 Å². The molecule has 0 fully saturated rings. The molecule has 1 nitrogen and oxygen atoms in total. The molecule has 0 aromatic rings. The summed E-state index contributed by atoms with van der Waals surface area (Å²) in [5.41, 5.74) is 0. The summed E-state index contributed by atoms with van der Waals surface area (Å²) < 4.78 is 0. The van der Waals surface area contributed by atoms with Gasteiger partial charge in [0.15, 0.2) is 0 Å². The molecule has 1 heteroatoms. The predicted molar refractivity (Wildman–Crippen MR) is 57.4 cm³/mol. The molecule has 0 aromatic heterocycles. The lowest BCUT2D eigenvalue weighted by atomic mass is 10.1. The zero-order chi connectivity index (χ0) is 9.78. The van der Waals surface area contributed by atoms with E-state index < -0.39 is 0 Å². The van der Waals surface area contributed by atoms with Crippen molar-refractivity contribution in [1.29, 1.82) is 5.26 Å². The molecule has 0 spiro atoms. The van der Waals surface area contributed by atoms with E-state index in [1.165, 1.54) is 38.5 Å². The van der Waals surface area contributed by atoms with Crippen molar-refractivity contribution in [2.24, 2.45) is 0 Å². The molecule has 0 saturated carbocycles. The summed E-state index contributed by atoms with van der Waals surface area (Å²) in [5, 5.41) is 8.30. The van der Waals surface area contributed by atoms with E-state index in [2.05, 4.69) is 25.1 Å². The molecule has 0 radical (unpaired) electrons. The van der Waals surface area contributed by atoms with E-state index in [9.17, 15) is 0 Å². The second-order valence-electron chi connectivity index (χ2n) is 3.37. The Hall–Kier alpha value is -0.770. The normalized spacial score (nSPS) is 10.5. The number of hydrogen-bond acceptors (Lipinski definition) is 1. The van der Waals surface area contributed by atoms with Crippen molar-refractivity contribution in [2.45, 2.75) is 58.3 Å². The van der Waals surface area contributed by atoms with Crippen molar-refractivity contribution in [3.8, 4) is 6.07 Å². The zero-order valence-corrected chi connectivity index (χ0v) is 8.76. The molecule has 0 aliphatic rings. The van der Waals surface area contributed by atoms with Gasteiger partial charge >= 0.3 is 0 Å². The van der Waals surface area contributed by atoms with Crippen LogP contribution in [0.2, 0.25) is 0 Å². The molecule has 0 rings (SSSR count). The van der Waals surface area contributed by atoms with Gasteiger partial charge in [0.1, 0.15) is 0 Å². The number of rotatable bonds is 8. The molecule has 0 bridgehead atoms. The molecule has 0 unspecified atom stereocenters. The maximum absolute atomic E-state index is 8.30. The number of nitrogens with zero attached hydrogens (tertiary/aromatic N) is 1. The first-order valence-electron chi connectivity index (χ1n) is 5.43. The molecule has 74 valence electrons. The summed E-state index contributed by atoms with van der Waals surface area (Å²) in [5.74, 6) is 0. The van der Waals surface area contributed by atoms with Crippen molar-refractivity contribution in [1.82, 2.24) is 0 Å². The topological polar surface area (TPSA) is 23.8 Å². The third kappa shape index (κ3) is 11.2. The first kappa shape index (κ1) is 12.2. The first-order valence-corrected chi connectivity index (χ1v) is 5.43. The third-order valence-electron chi connectivity index (χ3n) is 2.05. The smallest absolute Gasteiger partial charge is 0.0621 e. The quantitative estimate of drug-likeness (QED) is 0.404. The fourth-order valence-electron chi connectivity index (χ4n) is 1.20. The standard InChI is InChI=1S/C12H21N/c1-2-3-4-5-6-7-8-9-10-11-12-13/h5-6H,2-4,7-11H2,1H3/b6-5+. The maximum Gasteiger partial charge on any atom is 0.0621 e. The fourth-order valence-corrected chi connectivity index (χ4v) is 1.20. The Labute approximate surface area is 82.5 Å². The van der Waals surface area contributed by atoms with Gasteiger partial charge in [0.25, 0.3) is 0 Å². The summed E-state index contributed by atoms with van der Waals surface area (Å²) >= 11 is 0. The summed E-state index contributed by atoms with van der Waals surface area (Å²) in [6.45, 7) is 2.22. The van der Waals surface area contributed by atoms with Gasteiger partial charge in [-0.05, 0) is 25.7 Å². The zero-order valence-electron chi connectivity index (χ0n) is 8.76. The Bertz CT molecular complexity index is 153. The highest BCUT2D eigenvalue weighted by atomic mass is 14.2. The van der Waals surface area contributed by atoms with Gasteiger partial charge in [-0.15, -0.1) is 0 Å². The average Bonchev–Trinajstić information content (AvgIpc) is 2.16. The molecule has 0 N–H and O–H groups in total. The molecule has 0 amide bonds. The maximum atomic E-state index is 8.30. The average molecular weight is 179 g/mol. The van der Waals surface area contributed by atoms with Crippen molar-refractivity contribution >= 4 is 0 Å². The van der Waals surface area contributed by atoms with Crippen LogP contribution in [0.15, 0.2) is 12.2 Å². The third-order valence-corrected chi connectivity index (χ3v) is 2.05. The molecule has 0 aliphatic carbocycles. The Morgan fingerprint density at radius 3 is 2.31 bits per heavy atom. The van der Waals surface area contributed by atoms with Crippen molar-refractivity contribution < 1.29 is 0 Å². The summed E-state index contributed by atoms with van der Waals surface area (Å²) in [4.78, 5) is 0. The highest BCUT2D eigenvalue weighted by molar-refractivity contribution is 4.81. The number of unbranched alkanes of at least 4 members (excludes halogenated alkanes) is 6. The second kappa shape index (κ2) is 11.2. The van der Waals surface area contributed by atoms with Crippen LogP contribution in [0.3, 0.4) is 0 Å². The van der Waals surface area contributed by atoms with Crippen molar-refractivity contribution in [3.05, 3.63) is 12.2 Å². The van der Waals surface area contributed by atoms with E-state index in [1.807, 2.05) is 0 Å². The van der Waals surface area contributed by atoms with Gasteiger partial charge in [0, 0.05) is 6.42 Å². The summed E-state index contributed by atoms with van der Waals surface area (Å²) in [7, 11) is 0. The van der Waals surface area contributed by atoms with Gasteiger partial charge in [0.05, 0.1) is 6.07 Å². The van der Waals surface area contributed by atoms with Crippen LogP contribution in [-0.4, -0.2) is 0 Å². The van der Waals surface area contributed by atoms with E-state index >= 15 is 0 Å². The number of allylic oxidation sites excluding steroid dienone is 2. The second-order valence-corrected chi connectivity index (χ2v) is 3.37. The molecule has 0 atom stereocenters. The number of nitriles is 1. The van der Waals surface area contributed by atoms with E-state index in [-0.39, 0.29) is 0 Å². The minimum absolute atomic E-state index is 0.722. The van der Waals surface area contributed by atoms with Crippen molar-refractivity contribution in [2.75, 3.05) is 0 Å². The van der Waals surface area contributed by atoms with E-state index in [4.69, 9.17) is 5.26 Å². The molecular formula is C12H21N. The molecule has 0 aliphatic heterocycles. The molecule has 0 heterocycles. The van der Waals surface area contributed by atoms with Gasteiger partial charge in [0.2, 0.25) is 0 Å².